The molecule has 0 saturated carbocycles. The zero-order valence-electron chi connectivity index (χ0n) is 14.7. The SMILES string of the molecule is CC(=O)C(N=Nc1ccc(S(C)(=O)=O)cc1N=O)C(=O)Cc1ccccc1. The Morgan fingerprint density at radius 2 is 1.70 bits per heavy atom. The summed E-state index contributed by atoms with van der Waals surface area (Å²) in [6.45, 7) is 1.22. The van der Waals surface area contributed by atoms with Crippen molar-refractivity contribution < 1.29 is 18.0 Å². The number of hydrogen-bond donors (Lipinski definition) is 0. The minimum Gasteiger partial charge on any atom is -0.297 e. The predicted molar refractivity (Wildman–Crippen MR) is 99.1 cm³/mol. The third-order valence-corrected chi connectivity index (χ3v) is 4.78. The molecule has 0 radical (unpaired) electrons. The van der Waals surface area contributed by atoms with Crippen molar-refractivity contribution in [3.8, 4) is 0 Å². The Morgan fingerprint density at radius 1 is 1.04 bits per heavy atom. The number of rotatable bonds is 8. The van der Waals surface area contributed by atoms with E-state index >= 15 is 0 Å². The summed E-state index contributed by atoms with van der Waals surface area (Å²) in [6, 6.07) is 11.1. The number of azo groups is 1. The van der Waals surface area contributed by atoms with Gasteiger partial charge in [-0.15, -0.1) is 4.91 Å². The maximum absolute atomic E-state index is 12.4. The molecule has 0 aliphatic carbocycles. The van der Waals surface area contributed by atoms with Crippen molar-refractivity contribution in [2.75, 3.05) is 6.26 Å². The van der Waals surface area contributed by atoms with Crippen LogP contribution in [0.25, 0.3) is 0 Å². The minimum atomic E-state index is -3.52. The normalized spacial score (nSPS) is 12.7. The molecule has 9 heteroatoms. The van der Waals surface area contributed by atoms with Gasteiger partial charge in [-0.25, -0.2) is 8.42 Å². The first-order valence-electron chi connectivity index (χ1n) is 7.88. The molecule has 1 unspecified atom stereocenters. The lowest BCUT2D eigenvalue weighted by Gasteiger charge is -2.07. The number of carbonyl (C=O) groups is 2. The quantitative estimate of drug-likeness (QED) is 0.390. The fourth-order valence-electron chi connectivity index (χ4n) is 2.28. The van der Waals surface area contributed by atoms with Gasteiger partial charge in [0.2, 0.25) is 0 Å². The third-order valence-electron chi connectivity index (χ3n) is 3.67. The molecule has 0 aliphatic rings. The molecule has 0 spiro atoms. The molecule has 2 aromatic carbocycles. The Kier molecular flexibility index (Phi) is 6.40. The van der Waals surface area contributed by atoms with E-state index in [4.69, 9.17) is 0 Å². The topological polar surface area (TPSA) is 122 Å². The fourth-order valence-corrected chi connectivity index (χ4v) is 2.92. The number of Topliss-reactive ketones (excluding diaryl/α,β-unsaturated/α-hetero) is 2. The van der Waals surface area contributed by atoms with Gasteiger partial charge in [-0.05, 0) is 35.9 Å². The molecule has 0 amide bonds. The van der Waals surface area contributed by atoms with Crippen LogP contribution < -0.4 is 0 Å². The van der Waals surface area contributed by atoms with Gasteiger partial charge in [-0.2, -0.15) is 10.2 Å². The van der Waals surface area contributed by atoms with E-state index in [1.54, 1.807) is 24.3 Å². The van der Waals surface area contributed by atoms with Crippen LogP contribution in [0.5, 0.6) is 0 Å². The van der Waals surface area contributed by atoms with Crippen LogP contribution in [-0.2, 0) is 25.8 Å². The van der Waals surface area contributed by atoms with Gasteiger partial charge in [0.05, 0.1) is 4.90 Å². The highest BCUT2D eigenvalue weighted by molar-refractivity contribution is 7.90. The molecular formula is C18H17N3O5S. The van der Waals surface area contributed by atoms with Gasteiger partial charge in [0.1, 0.15) is 11.4 Å². The number of nitrogens with zero attached hydrogens (tertiary/aromatic N) is 3. The van der Waals surface area contributed by atoms with E-state index in [9.17, 15) is 22.9 Å². The highest BCUT2D eigenvalue weighted by Crippen LogP contribution is 2.31. The van der Waals surface area contributed by atoms with E-state index in [0.29, 0.717) is 0 Å². The Balaban J connectivity index is 2.28. The smallest absolute Gasteiger partial charge is 0.187 e. The second-order valence-corrected chi connectivity index (χ2v) is 7.89. The Labute approximate surface area is 156 Å². The van der Waals surface area contributed by atoms with E-state index < -0.39 is 27.4 Å². The van der Waals surface area contributed by atoms with Gasteiger partial charge in [0.25, 0.3) is 0 Å². The van der Waals surface area contributed by atoms with Crippen molar-refractivity contribution in [2.45, 2.75) is 24.3 Å². The van der Waals surface area contributed by atoms with Crippen LogP contribution in [0.2, 0.25) is 0 Å². The van der Waals surface area contributed by atoms with Crippen LogP contribution in [-0.4, -0.2) is 32.3 Å². The number of sulfone groups is 1. The van der Waals surface area contributed by atoms with Gasteiger partial charge in [-0.3, -0.25) is 9.59 Å². The summed E-state index contributed by atoms with van der Waals surface area (Å²) in [5.41, 5.74) is 0.451. The third kappa shape index (κ3) is 5.45. The summed E-state index contributed by atoms with van der Waals surface area (Å²) in [4.78, 5) is 35.1. The molecule has 2 aromatic rings. The first-order valence-corrected chi connectivity index (χ1v) is 9.77. The number of hydrogen-bond acceptors (Lipinski definition) is 8. The Hall–Kier alpha value is -3.07. The molecule has 0 aliphatic heterocycles. The second-order valence-electron chi connectivity index (χ2n) is 5.87. The zero-order valence-corrected chi connectivity index (χ0v) is 15.5. The molecule has 0 bridgehead atoms. The number of benzene rings is 2. The average molecular weight is 387 g/mol. The summed E-state index contributed by atoms with van der Waals surface area (Å²) in [5, 5.41) is 10.3. The molecule has 0 heterocycles. The summed E-state index contributed by atoms with van der Waals surface area (Å²) < 4.78 is 23.1. The predicted octanol–water partition coefficient (Wildman–Crippen LogP) is 3.34. The largest absolute Gasteiger partial charge is 0.297 e. The van der Waals surface area contributed by atoms with Crippen molar-refractivity contribution in [2.24, 2.45) is 15.4 Å². The summed E-state index contributed by atoms with van der Waals surface area (Å²) >= 11 is 0. The zero-order chi connectivity index (χ0) is 20.0. The summed E-state index contributed by atoms with van der Waals surface area (Å²) in [5.74, 6) is -0.932. The van der Waals surface area contributed by atoms with Crippen LogP contribution in [0.15, 0.2) is 68.8 Å². The lowest BCUT2D eigenvalue weighted by molar-refractivity contribution is -0.127. The number of ketones is 2. The lowest BCUT2D eigenvalue weighted by atomic mass is 10.0. The molecule has 0 N–H and O–H groups in total. The van der Waals surface area contributed by atoms with Crippen molar-refractivity contribution in [3.63, 3.8) is 0 Å². The molecule has 1 atom stereocenters. The monoisotopic (exact) mass is 387 g/mol. The van der Waals surface area contributed by atoms with Gasteiger partial charge in [0, 0.05) is 12.7 Å². The lowest BCUT2D eigenvalue weighted by Crippen LogP contribution is -2.27. The molecule has 2 rings (SSSR count). The van der Waals surface area contributed by atoms with E-state index in [1.807, 2.05) is 6.07 Å². The highest BCUT2D eigenvalue weighted by Gasteiger charge is 2.23. The van der Waals surface area contributed by atoms with Crippen LogP contribution in [0.1, 0.15) is 12.5 Å². The van der Waals surface area contributed by atoms with E-state index in [2.05, 4.69) is 15.4 Å². The van der Waals surface area contributed by atoms with Crippen LogP contribution in [0.3, 0.4) is 0 Å². The van der Waals surface area contributed by atoms with E-state index in [0.717, 1.165) is 17.9 Å². The van der Waals surface area contributed by atoms with Gasteiger partial charge >= 0.3 is 0 Å². The Morgan fingerprint density at radius 3 is 2.26 bits per heavy atom. The fraction of sp³-hybridized carbons (Fsp3) is 0.222. The molecule has 140 valence electrons. The van der Waals surface area contributed by atoms with Gasteiger partial charge in [-0.1, -0.05) is 30.3 Å². The van der Waals surface area contributed by atoms with E-state index in [1.165, 1.54) is 19.1 Å². The standard InChI is InChI=1S/C18H17N3O5S/c1-12(22)18(17(23)10-13-6-4-3-5-7-13)20-19-15-9-8-14(27(2,25)26)11-16(15)21-24/h3-9,11,18H,10H2,1-2H3. The number of nitroso groups, excluding NO2 is 1. The molecule has 0 saturated heterocycles. The number of carbonyl (C=O) groups excluding carboxylic acids is 2. The summed E-state index contributed by atoms with van der Waals surface area (Å²) in [6.07, 6.45) is 1.00. The van der Waals surface area contributed by atoms with Gasteiger partial charge in [0.15, 0.2) is 27.4 Å². The molecule has 27 heavy (non-hydrogen) atoms. The minimum absolute atomic E-state index is 0.00983. The van der Waals surface area contributed by atoms with Crippen molar-refractivity contribution in [3.05, 3.63) is 59.0 Å². The Bertz CT molecular complexity index is 1000. The van der Waals surface area contributed by atoms with Crippen molar-refractivity contribution in [1.29, 1.82) is 0 Å². The average Bonchev–Trinajstić information content (AvgIpc) is 2.61. The van der Waals surface area contributed by atoms with E-state index in [-0.39, 0.29) is 22.7 Å². The maximum atomic E-state index is 12.4. The first-order chi connectivity index (χ1) is 12.7. The highest BCUT2D eigenvalue weighted by atomic mass is 32.2. The van der Waals surface area contributed by atoms with Crippen LogP contribution in [0.4, 0.5) is 11.4 Å². The molecule has 8 nitrogen and oxygen atoms in total. The van der Waals surface area contributed by atoms with Crippen molar-refractivity contribution in [1.82, 2.24) is 0 Å². The molecule has 0 aromatic heterocycles. The second kappa shape index (κ2) is 8.54. The summed E-state index contributed by atoms with van der Waals surface area (Å²) in [7, 11) is -3.52. The van der Waals surface area contributed by atoms with Gasteiger partial charge < -0.3 is 0 Å². The van der Waals surface area contributed by atoms with Crippen LogP contribution >= 0.6 is 0 Å². The molecular weight excluding hydrogens is 370 g/mol. The molecule has 0 fully saturated rings. The van der Waals surface area contributed by atoms with Crippen LogP contribution in [0, 0.1) is 4.91 Å². The van der Waals surface area contributed by atoms with Crippen molar-refractivity contribution >= 4 is 32.8 Å². The maximum Gasteiger partial charge on any atom is 0.187 e. The first kappa shape index (κ1) is 20.2.